The third-order valence-corrected chi connectivity index (χ3v) is 5.71. The van der Waals surface area contributed by atoms with E-state index in [2.05, 4.69) is 4.18 Å². The largest absolute Gasteiger partial charge is 0.534 e. The molecule has 0 saturated carbocycles. The van der Waals surface area contributed by atoms with E-state index < -0.39 is 27.2 Å². The van der Waals surface area contributed by atoms with E-state index in [-0.39, 0.29) is 28.1 Å². The predicted octanol–water partition coefficient (Wildman–Crippen LogP) is 5.56. The summed E-state index contributed by atoms with van der Waals surface area (Å²) < 4.78 is 86.2. The van der Waals surface area contributed by atoms with E-state index in [0.29, 0.717) is 24.2 Å². The van der Waals surface area contributed by atoms with Crippen molar-refractivity contribution >= 4 is 33.1 Å². The molecule has 0 fully saturated rings. The van der Waals surface area contributed by atoms with Crippen molar-refractivity contribution in [1.29, 1.82) is 0 Å². The second kappa shape index (κ2) is 7.87. The van der Waals surface area contributed by atoms with Gasteiger partial charge in [-0.25, -0.2) is 4.39 Å². The molecule has 0 saturated heterocycles. The molecule has 3 rings (SSSR count). The summed E-state index contributed by atoms with van der Waals surface area (Å²) in [6.07, 6.45) is 1.07. The van der Waals surface area contributed by atoms with E-state index >= 15 is 0 Å². The highest BCUT2D eigenvalue weighted by Gasteiger charge is 2.49. The molecule has 0 amide bonds. The second-order valence-electron chi connectivity index (χ2n) is 6.30. The van der Waals surface area contributed by atoms with Crippen molar-refractivity contribution in [2.75, 3.05) is 7.11 Å². The second-order valence-corrected chi connectivity index (χ2v) is 8.24. The fraction of sp³-hybridized carbons (Fsp3) is 0.263. The number of aryl methyl sites for hydroxylation is 1. The molecule has 0 unspecified atom stereocenters. The fourth-order valence-electron chi connectivity index (χ4n) is 3.07. The summed E-state index contributed by atoms with van der Waals surface area (Å²) in [5, 5.41) is -0.168. The zero-order valence-electron chi connectivity index (χ0n) is 15.0. The van der Waals surface area contributed by atoms with Crippen molar-refractivity contribution in [3.8, 4) is 5.75 Å². The van der Waals surface area contributed by atoms with Crippen molar-refractivity contribution in [3.63, 3.8) is 0 Å². The molecule has 0 aliphatic heterocycles. The van der Waals surface area contributed by atoms with Crippen LogP contribution in [0.4, 0.5) is 17.6 Å². The highest BCUT2D eigenvalue weighted by molar-refractivity contribution is 7.87. The van der Waals surface area contributed by atoms with Gasteiger partial charge in [0, 0.05) is 11.1 Å². The molecule has 156 valence electrons. The topological polar surface area (TPSA) is 52.6 Å². The normalized spacial score (nSPS) is 15.0. The van der Waals surface area contributed by atoms with Crippen LogP contribution in [0, 0.1) is 5.82 Å². The van der Waals surface area contributed by atoms with Crippen LogP contribution in [-0.2, 0) is 20.7 Å². The third kappa shape index (κ3) is 4.35. The first kappa shape index (κ1) is 21.4. The molecule has 1 aliphatic rings. The Kier molecular flexibility index (Phi) is 5.82. The van der Waals surface area contributed by atoms with Gasteiger partial charge in [-0.15, -0.1) is 0 Å². The van der Waals surface area contributed by atoms with Crippen LogP contribution < -0.4 is 4.74 Å². The zero-order valence-corrected chi connectivity index (χ0v) is 16.6. The Labute approximate surface area is 169 Å². The summed E-state index contributed by atoms with van der Waals surface area (Å²) in [6.45, 7) is 0. The lowest BCUT2D eigenvalue weighted by Gasteiger charge is -2.18. The van der Waals surface area contributed by atoms with Gasteiger partial charge in [0.2, 0.25) is 0 Å². The summed E-state index contributed by atoms with van der Waals surface area (Å²) in [5.74, 6) is -0.809. The standard InChI is InChI=1S/C19H15ClF4O4S/c1-27-13-6-7-15-11(9-13)3-2-4-14(12-5-8-16(20)17(21)10-12)18(15)28-29(25,26)19(22,23)24/h5-10H,2-4H2,1H3. The van der Waals surface area contributed by atoms with E-state index in [1.165, 1.54) is 31.4 Å². The maximum Gasteiger partial charge on any atom is 0.534 e. The van der Waals surface area contributed by atoms with Crippen molar-refractivity contribution in [1.82, 2.24) is 0 Å². The van der Waals surface area contributed by atoms with Gasteiger partial charge < -0.3 is 8.92 Å². The minimum Gasteiger partial charge on any atom is -0.497 e. The first-order chi connectivity index (χ1) is 13.5. The number of ether oxygens (including phenoxy) is 1. The molecule has 1 aliphatic carbocycles. The van der Waals surface area contributed by atoms with E-state index in [4.69, 9.17) is 16.3 Å². The number of allylic oxidation sites excluding steroid dienone is 1. The zero-order chi connectivity index (χ0) is 21.4. The minimum atomic E-state index is -5.94. The molecule has 29 heavy (non-hydrogen) atoms. The smallest absolute Gasteiger partial charge is 0.497 e. The summed E-state index contributed by atoms with van der Waals surface area (Å²) in [6, 6.07) is 8.19. The average Bonchev–Trinajstić information content (AvgIpc) is 2.82. The number of hydrogen-bond donors (Lipinski definition) is 0. The first-order valence-electron chi connectivity index (χ1n) is 8.40. The molecular formula is C19H15ClF4O4S. The number of benzene rings is 2. The number of rotatable bonds is 4. The molecule has 0 radical (unpaired) electrons. The molecule has 10 heteroatoms. The number of alkyl halides is 3. The number of methoxy groups -OCH3 is 1. The molecule has 2 aromatic carbocycles. The lowest BCUT2D eigenvalue weighted by atomic mass is 9.98. The highest BCUT2D eigenvalue weighted by Crippen LogP contribution is 2.41. The molecule has 4 nitrogen and oxygen atoms in total. The maximum atomic E-state index is 14.0. The fourth-order valence-corrected chi connectivity index (χ4v) is 3.69. The van der Waals surface area contributed by atoms with Crippen molar-refractivity contribution < 1.29 is 34.9 Å². The van der Waals surface area contributed by atoms with Crippen LogP contribution in [0.15, 0.2) is 36.4 Å². The summed E-state index contributed by atoms with van der Waals surface area (Å²) in [5.41, 5.74) is -4.57. The van der Waals surface area contributed by atoms with Gasteiger partial charge in [-0.1, -0.05) is 17.7 Å². The van der Waals surface area contributed by atoms with Crippen LogP contribution in [0.5, 0.6) is 5.75 Å². The van der Waals surface area contributed by atoms with E-state index in [1.807, 2.05) is 0 Å². The highest BCUT2D eigenvalue weighted by atomic mass is 35.5. The summed E-state index contributed by atoms with van der Waals surface area (Å²) in [4.78, 5) is 0. The van der Waals surface area contributed by atoms with Gasteiger partial charge in [0.25, 0.3) is 0 Å². The lowest BCUT2D eigenvalue weighted by Crippen LogP contribution is -2.25. The molecule has 0 spiro atoms. The number of halogens is 5. The van der Waals surface area contributed by atoms with Gasteiger partial charge in [0.15, 0.2) is 5.76 Å². The van der Waals surface area contributed by atoms with Gasteiger partial charge in [0.05, 0.1) is 12.1 Å². The van der Waals surface area contributed by atoms with E-state index in [0.717, 1.165) is 6.07 Å². The number of hydrogen-bond acceptors (Lipinski definition) is 4. The van der Waals surface area contributed by atoms with Crippen molar-refractivity contribution in [2.45, 2.75) is 24.8 Å². The van der Waals surface area contributed by atoms with Crippen LogP contribution in [-0.4, -0.2) is 21.0 Å². The SMILES string of the molecule is COc1ccc2c(c1)CCCC(c1ccc(Cl)c(F)c1)=C2OS(=O)(=O)C(F)(F)F. The Morgan fingerprint density at radius 1 is 1.07 bits per heavy atom. The van der Waals surface area contributed by atoms with Crippen LogP contribution in [0.1, 0.15) is 29.5 Å². The average molecular weight is 451 g/mol. The Morgan fingerprint density at radius 2 is 1.79 bits per heavy atom. The van der Waals surface area contributed by atoms with Gasteiger partial charge in [0.1, 0.15) is 11.6 Å². The van der Waals surface area contributed by atoms with E-state index in [1.54, 1.807) is 6.07 Å². The minimum absolute atomic E-state index is 0.136. The Morgan fingerprint density at radius 3 is 2.41 bits per heavy atom. The molecule has 0 atom stereocenters. The Balaban J connectivity index is 2.26. The number of fused-ring (bicyclic) bond motifs is 1. The molecule has 0 N–H and O–H groups in total. The third-order valence-electron chi connectivity index (χ3n) is 4.45. The van der Waals surface area contributed by atoms with Gasteiger partial charge in [-0.05, 0) is 60.7 Å². The monoisotopic (exact) mass is 450 g/mol. The van der Waals surface area contributed by atoms with E-state index in [9.17, 15) is 26.0 Å². The quantitative estimate of drug-likeness (QED) is 0.348. The predicted molar refractivity (Wildman–Crippen MR) is 100 cm³/mol. The first-order valence-corrected chi connectivity index (χ1v) is 10.2. The molecule has 0 heterocycles. The van der Waals surface area contributed by atoms with Crippen molar-refractivity contribution in [2.24, 2.45) is 0 Å². The van der Waals surface area contributed by atoms with Crippen LogP contribution >= 0.6 is 11.6 Å². The molecule has 2 aromatic rings. The van der Waals surface area contributed by atoms with Gasteiger partial charge >= 0.3 is 15.6 Å². The van der Waals surface area contributed by atoms with Crippen LogP contribution in [0.3, 0.4) is 0 Å². The maximum absolute atomic E-state index is 14.0. The summed E-state index contributed by atoms with van der Waals surface area (Å²) in [7, 11) is -4.51. The molecule has 0 bridgehead atoms. The Hall–Kier alpha value is -2.26. The summed E-state index contributed by atoms with van der Waals surface area (Å²) >= 11 is 5.69. The van der Waals surface area contributed by atoms with Crippen LogP contribution in [0.2, 0.25) is 5.02 Å². The van der Waals surface area contributed by atoms with Crippen LogP contribution in [0.25, 0.3) is 11.3 Å². The molecule has 0 aromatic heterocycles. The lowest BCUT2D eigenvalue weighted by molar-refractivity contribution is -0.0509. The van der Waals surface area contributed by atoms with Gasteiger partial charge in [-0.3, -0.25) is 0 Å². The van der Waals surface area contributed by atoms with Crippen molar-refractivity contribution in [3.05, 3.63) is 63.9 Å². The molecular weight excluding hydrogens is 436 g/mol. The van der Waals surface area contributed by atoms with Gasteiger partial charge in [-0.2, -0.15) is 21.6 Å². The Bertz CT molecular complexity index is 1080.